The van der Waals surface area contributed by atoms with Gasteiger partial charge >= 0.3 is 0 Å². The highest BCUT2D eigenvalue weighted by Crippen LogP contribution is 1.99. The van der Waals surface area contributed by atoms with Gasteiger partial charge in [-0.05, 0) is 25.3 Å². The predicted molar refractivity (Wildman–Crippen MR) is 42.3 cm³/mol. The Morgan fingerprint density at radius 3 is 2.44 bits per heavy atom. The van der Waals surface area contributed by atoms with E-state index in [1.807, 2.05) is 0 Å². The maximum Gasteiger partial charge on any atom is -0.00426 e. The second-order valence-corrected chi connectivity index (χ2v) is 2.68. The van der Waals surface area contributed by atoms with Crippen LogP contribution in [0.1, 0.15) is 26.7 Å². The van der Waals surface area contributed by atoms with E-state index in [-0.39, 0.29) is 0 Å². The van der Waals surface area contributed by atoms with Crippen molar-refractivity contribution >= 4 is 0 Å². The summed E-state index contributed by atoms with van der Waals surface area (Å²) in [7, 11) is 0. The summed E-state index contributed by atoms with van der Waals surface area (Å²) < 4.78 is 0. The molecule has 0 fully saturated rings. The second kappa shape index (κ2) is 5.83. The maximum atomic E-state index is 5.29. The molecule has 1 heteroatoms. The van der Waals surface area contributed by atoms with Crippen molar-refractivity contribution in [3.63, 3.8) is 0 Å². The molecule has 0 unspecified atom stereocenters. The maximum absolute atomic E-state index is 5.29. The van der Waals surface area contributed by atoms with Gasteiger partial charge in [0.1, 0.15) is 0 Å². The molecule has 1 nitrogen and oxygen atoms in total. The molecule has 0 amide bonds. The first-order chi connectivity index (χ1) is 4.27. The first-order valence-corrected chi connectivity index (χ1v) is 3.62. The number of rotatable bonds is 4. The monoisotopic (exact) mass is 127 g/mol. The highest BCUT2D eigenvalue weighted by atomic mass is 14.5. The topological polar surface area (TPSA) is 26.0 Å². The first kappa shape index (κ1) is 8.70. The minimum Gasteiger partial charge on any atom is -0.330 e. The molecule has 0 aliphatic carbocycles. The Bertz CT molecular complexity index is 74.6. The van der Waals surface area contributed by atoms with Crippen molar-refractivity contribution in [1.82, 2.24) is 0 Å². The lowest BCUT2D eigenvalue weighted by Gasteiger charge is -1.95. The molecular weight excluding hydrogens is 110 g/mol. The first-order valence-electron chi connectivity index (χ1n) is 3.62. The van der Waals surface area contributed by atoms with Crippen LogP contribution in [0.2, 0.25) is 0 Å². The van der Waals surface area contributed by atoms with Crippen molar-refractivity contribution in [3.05, 3.63) is 12.2 Å². The molecule has 0 saturated heterocycles. The third-order valence-electron chi connectivity index (χ3n) is 1.11. The van der Waals surface area contributed by atoms with Crippen LogP contribution >= 0.6 is 0 Å². The smallest absolute Gasteiger partial charge is 0.00426 e. The molecule has 54 valence electrons. The third kappa shape index (κ3) is 7.70. The van der Waals surface area contributed by atoms with Crippen molar-refractivity contribution in [2.75, 3.05) is 6.54 Å². The molecular formula is C8H17N. The van der Waals surface area contributed by atoms with Gasteiger partial charge in [0.05, 0.1) is 0 Å². The molecule has 0 aromatic rings. The predicted octanol–water partition coefficient (Wildman–Crippen LogP) is 1.94. The van der Waals surface area contributed by atoms with E-state index < -0.39 is 0 Å². The van der Waals surface area contributed by atoms with Crippen LogP contribution in [-0.4, -0.2) is 6.54 Å². The van der Waals surface area contributed by atoms with E-state index in [4.69, 9.17) is 5.73 Å². The third-order valence-corrected chi connectivity index (χ3v) is 1.11. The van der Waals surface area contributed by atoms with Crippen molar-refractivity contribution < 1.29 is 0 Å². The Labute approximate surface area is 57.9 Å². The molecule has 0 spiro atoms. The fourth-order valence-corrected chi connectivity index (χ4v) is 0.582. The van der Waals surface area contributed by atoms with Crippen molar-refractivity contribution in [2.24, 2.45) is 11.7 Å². The summed E-state index contributed by atoms with van der Waals surface area (Å²) in [5.41, 5.74) is 5.29. The highest BCUT2D eigenvalue weighted by molar-refractivity contribution is 4.82. The normalized spacial score (nSPS) is 11.6. The minimum absolute atomic E-state index is 0.772. The van der Waals surface area contributed by atoms with Gasteiger partial charge in [0, 0.05) is 0 Å². The molecule has 9 heavy (non-hydrogen) atoms. The molecule has 0 atom stereocenters. The standard InChI is InChI=1S/C8H17N/c1-8(2)6-4-3-5-7-9/h3-4,8H,5-7,9H2,1-2H3. The molecule has 0 aromatic carbocycles. The van der Waals surface area contributed by atoms with Crippen LogP contribution in [-0.2, 0) is 0 Å². The van der Waals surface area contributed by atoms with Crippen LogP contribution in [0.25, 0.3) is 0 Å². The Morgan fingerprint density at radius 1 is 1.33 bits per heavy atom. The molecule has 0 saturated carbocycles. The van der Waals surface area contributed by atoms with E-state index in [0.717, 1.165) is 18.9 Å². The number of hydrogen-bond acceptors (Lipinski definition) is 1. The fraction of sp³-hybridized carbons (Fsp3) is 0.750. The van der Waals surface area contributed by atoms with E-state index >= 15 is 0 Å². The van der Waals surface area contributed by atoms with Crippen LogP contribution < -0.4 is 5.73 Å². The van der Waals surface area contributed by atoms with Gasteiger partial charge in [-0.2, -0.15) is 0 Å². The number of allylic oxidation sites excluding steroid dienone is 1. The van der Waals surface area contributed by atoms with E-state index in [1.165, 1.54) is 6.42 Å². The van der Waals surface area contributed by atoms with Crippen molar-refractivity contribution in [3.8, 4) is 0 Å². The van der Waals surface area contributed by atoms with Crippen molar-refractivity contribution in [2.45, 2.75) is 26.7 Å². The van der Waals surface area contributed by atoms with E-state index in [2.05, 4.69) is 26.0 Å². The molecule has 0 radical (unpaired) electrons. The zero-order valence-corrected chi connectivity index (χ0v) is 6.43. The van der Waals surface area contributed by atoms with E-state index in [1.54, 1.807) is 0 Å². The zero-order valence-electron chi connectivity index (χ0n) is 6.43. The quantitative estimate of drug-likeness (QED) is 0.574. The average Bonchev–Trinajstić information content (AvgIpc) is 1.80. The summed E-state index contributed by atoms with van der Waals surface area (Å²) in [5.74, 6) is 0.777. The Balaban J connectivity index is 3.04. The lowest BCUT2D eigenvalue weighted by Crippen LogP contribution is -1.95. The van der Waals surface area contributed by atoms with E-state index in [9.17, 15) is 0 Å². The van der Waals surface area contributed by atoms with Crippen LogP contribution in [0.15, 0.2) is 12.2 Å². The van der Waals surface area contributed by atoms with Gasteiger partial charge in [-0.15, -0.1) is 0 Å². The molecule has 0 aromatic heterocycles. The molecule has 0 heterocycles. The second-order valence-electron chi connectivity index (χ2n) is 2.68. The highest BCUT2D eigenvalue weighted by Gasteiger charge is 1.85. The Kier molecular flexibility index (Phi) is 5.64. The lowest BCUT2D eigenvalue weighted by molar-refractivity contribution is 0.662. The summed E-state index contributed by atoms with van der Waals surface area (Å²) in [6.07, 6.45) is 6.56. The average molecular weight is 127 g/mol. The molecule has 0 aliphatic heterocycles. The zero-order chi connectivity index (χ0) is 7.11. The molecule has 2 N–H and O–H groups in total. The van der Waals surface area contributed by atoms with Crippen LogP contribution in [0.4, 0.5) is 0 Å². The Hall–Kier alpha value is -0.300. The van der Waals surface area contributed by atoms with Gasteiger partial charge in [0.15, 0.2) is 0 Å². The largest absolute Gasteiger partial charge is 0.330 e. The number of nitrogens with two attached hydrogens (primary N) is 1. The summed E-state index contributed by atoms with van der Waals surface area (Å²) in [5, 5.41) is 0. The summed E-state index contributed by atoms with van der Waals surface area (Å²) in [6, 6.07) is 0. The van der Waals surface area contributed by atoms with Gasteiger partial charge in [0.2, 0.25) is 0 Å². The summed E-state index contributed by atoms with van der Waals surface area (Å²) in [6.45, 7) is 5.20. The summed E-state index contributed by atoms with van der Waals surface area (Å²) >= 11 is 0. The van der Waals surface area contributed by atoms with Crippen molar-refractivity contribution in [1.29, 1.82) is 0 Å². The fourth-order valence-electron chi connectivity index (χ4n) is 0.582. The van der Waals surface area contributed by atoms with E-state index in [0.29, 0.717) is 0 Å². The van der Waals surface area contributed by atoms with Crippen LogP contribution in [0, 0.1) is 5.92 Å². The summed E-state index contributed by atoms with van der Waals surface area (Å²) in [4.78, 5) is 0. The molecule has 0 aliphatic rings. The number of hydrogen-bond donors (Lipinski definition) is 1. The van der Waals surface area contributed by atoms with Gasteiger partial charge in [-0.1, -0.05) is 26.0 Å². The van der Waals surface area contributed by atoms with Crippen LogP contribution in [0.3, 0.4) is 0 Å². The van der Waals surface area contributed by atoms with Gasteiger partial charge in [0.25, 0.3) is 0 Å². The van der Waals surface area contributed by atoms with Gasteiger partial charge < -0.3 is 5.73 Å². The minimum atomic E-state index is 0.772. The Morgan fingerprint density at radius 2 is 2.00 bits per heavy atom. The molecule has 0 rings (SSSR count). The van der Waals surface area contributed by atoms with Gasteiger partial charge in [-0.25, -0.2) is 0 Å². The SMILES string of the molecule is CC(C)CC=CCCN. The van der Waals surface area contributed by atoms with Gasteiger partial charge in [-0.3, -0.25) is 0 Å². The lowest BCUT2D eigenvalue weighted by atomic mass is 10.1. The van der Waals surface area contributed by atoms with Crippen LogP contribution in [0.5, 0.6) is 0 Å². The molecule has 0 bridgehead atoms.